The fourth-order valence-corrected chi connectivity index (χ4v) is 0.414. The molecule has 0 bridgehead atoms. The van der Waals surface area contributed by atoms with E-state index in [-0.39, 0.29) is 5.23 Å². The molecule has 0 saturated heterocycles. The fraction of sp³-hybridized carbons (Fsp3) is 1.00. The maximum absolute atomic E-state index is 11.0. The molecule has 4 heteroatoms. The molecule has 0 amide bonds. The lowest BCUT2D eigenvalue weighted by Crippen LogP contribution is -3.16. The Labute approximate surface area is 61.7 Å². The highest BCUT2D eigenvalue weighted by Crippen LogP contribution is 1.86. The van der Waals surface area contributed by atoms with Gasteiger partial charge in [-0.05, 0) is 14.0 Å². The molecule has 0 aliphatic heterocycles. The SMILES string of the molecule is CCO[NH+]([O-])C(C)(C)NC. The van der Waals surface area contributed by atoms with Crippen LogP contribution in [0.5, 0.6) is 0 Å². The van der Waals surface area contributed by atoms with Crippen LogP contribution in [0.25, 0.3) is 0 Å². The third kappa shape index (κ3) is 2.62. The monoisotopic (exact) mass is 148 g/mol. The maximum atomic E-state index is 11.0. The molecular formula is C6H16N2O2. The molecule has 0 rings (SSSR count). The minimum atomic E-state index is -0.560. The molecule has 0 saturated carbocycles. The average Bonchev–Trinajstić information content (AvgIpc) is 1.89. The number of hydrogen-bond acceptors (Lipinski definition) is 3. The van der Waals surface area contributed by atoms with E-state index in [0.29, 0.717) is 6.61 Å². The Kier molecular flexibility index (Phi) is 3.81. The Morgan fingerprint density at radius 3 is 2.40 bits per heavy atom. The van der Waals surface area contributed by atoms with Crippen LogP contribution in [-0.4, -0.2) is 19.3 Å². The summed E-state index contributed by atoms with van der Waals surface area (Å²) in [5.74, 6) is 0. The van der Waals surface area contributed by atoms with Crippen molar-refractivity contribution in [2.24, 2.45) is 0 Å². The van der Waals surface area contributed by atoms with Gasteiger partial charge >= 0.3 is 0 Å². The van der Waals surface area contributed by atoms with Crippen molar-refractivity contribution in [3.63, 3.8) is 0 Å². The van der Waals surface area contributed by atoms with Crippen LogP contribution in [0.2, 0.25) is 0 Å². The predicted octanol–water partition coefficient (Wildman–Crippen LogP) is -0.724. The van der Waals surface area contributed by atoms with Crippen LogP contribution in [-0.2, 0) is 4.84 Å². The van der Waals surface area contributed by atoms with Crippen molar-refractivity contribution < 1.29 is 10.1 Å². The van der Waals surface area contributed by atoms with Gasteiger partial charge < -0.3 is 5.21 Å². The Balaban J connectivity index is 3.78. The van der Waals surface area contributed by atoms with Crippen LogP contribution in [0.15, 0.2) is 0 Å². The van der Waals surface area contributed by atoms with Crippen molar-refractivity contribution in [1.29, 1.82) is 0 Å². The first-order chi connectivity index (χ1) is 4.54. The van der Waals surface area contributed by atoms with Crippen LogP contribution in [0.4, 0.5) is 0 Å². The molecule has 4 nitrogen and oxygen atoms in total. The van der Waals surface area contributed by atoms with Crippen LogP contribution in [0.1, 0.15) is 20.8 Å². The van der Waals surface area contributed by atoms with Crippen LogP contribution in [0.3, 0.4) is 0 Å². The molecule has 0 aromatic rings. The maximum Gasteiger partial charge on any atom is 0.175 e. The molecule has 0 spiro atoms. The lowest BCUT2D eigenvalue weighted by Gasteiger charge is -2.34. The minimum Gasteiger partial charge on any atom is -0.598 e. The molecule has 0 aliphatic rings. The summed E-state index contributed by atoms with van der Waals surface area (Å²) in [4.78, 5) is 4.80. The molecule has 62 valence electrons. The second-order valence-electron chi connectivity index (χ2n) is 2.60. The van der Waals surface area contributed by atoms with E-state index in [0.717, 1.165) is 0 Å². The van der Waals surface area contributed by atoms with Gasteiger partial charge in [0.05, 0.1) is 0 Å². The second-order valence-corrected chi connectivity index (χ2v) is 2.60. The highest BCUT2D eigenvalue weighted by Gasteiger charge is 2.23. The molecule has 0 radical (unpaired) electrons. The average molecular weight is 148 g/mol. The van der Waals surface area contributed by atoms with E-state index in [2.05, 4.69) is 5.32 Å². The first kappa shape index (κ1) is 9.84. The molecule has 0 aliphatic carbocycles. The third-order valence-corrected chi connectivity index (χ3v) is 1.41. The molecule has 1 unspecified atom stereocenters. The summed E-state index contributed by atoms with van der Waals surface area (Å²) in [6, 6.07) is 0. The van der Waals surface area contributed by atoms with Crippen molar-refractivity contribution in [2.75, 3.05) is 13.7 Å². The minimum absolute atomic E-state index is 0.211. The summed E-state index contributed by atoms with van der Waals surface area (Å²) in [6.07, 6.45) is 0. The van der Waals surface area contributed by atoms with Gasteiger partial charge in [-0.1, -0.05) is 0 Å². The zero-order valence-electron chi connectivity index (χ0n) is 7.02. The van der Waals surface area contributed by atoms with Crippen molar-refractivity contribution in [3.8, 4) is 0 Å². The molecule has 2 N–H and O–H groups in total. The Bertz CT molecular complexity index is 95.7. The number of hydrogen-bond donors (Lipinski definition) is 2. The molecule has 0 aromatic heterocycles. The zero-order chi connectivity index (χ0) is 8.20. The Morgan fingerprint density at radius 1 is 1.60 bits per heavy atom. The van der Waals surface area contributed by atoms with E-state index in [4.69, 9.17) is 4.84 Å². The van der Waals surface area contributed by atoms with Gasteiger partial charge in [0.25, 0.3) is 0 Å². The molecule has 0 fully saturated rings. The van der Waals surface area contributed by atoms with E-state index in [9.17, 15) is 5.21 Å². The summed E-state index contributed by atoms with van der Waals surface area (Å²) in [5, 5.41) is 13.7. The van der Waals surface area contributed by atoms with Gasteiger partial charge in [0.2, 0.25) is 0 Å². The summed E-state index contributed by atoms with van der Waals surface area (Å²) in [5.41, 5.74) is -0.560. The summed E-state index contributed by atoms with van der Waals surface area (Å²) < 4.78 is 0. The topological polar surface area (TPSA) is 48.8 Å². The van der Waals surface area contributed by atoms with Gasteiger partial charge in [0.15, 0.2) is 5.66 Å². The molecule has 0 aromatic carbocycles. The van der Waals surface area contributed by atoms with Crippen LogP contribution in [0, 0.1) is 5.21 Å². The van der Waals surface area contributed by atoms with Crippen LogP contribution >= 0.6 is 0 Å². The van der Waals surface area contributed by atoms with E-state index in [1.807, 2.05) is 0 Å². The highest BCUT2D eigenvalue weighted by atomic mass is 16.9. The number of hydroxylamine groups is 2. The summed E-state index contributed by atoms with van der Waals surface area (Å²) >= 11 is 0. The number of nitrogens with one attached hydrogen (secondary N) is 2. The molecule has 0 heterocycles. The van der Waals surface area contributed by atoms with Crippen LogP contribution < -0.4 is 10.5 Å². The number of quaternary nitrogens is 1. The van der Waals surface area contributed by atoms with Gasteiger partial charge in [-0.15, -0.1) is 0 Å². The lowest BCUT2D eigenvalue weighted by atomic mass is 10.3. The van der Waals surface area contributed by atoms with Gasteiger partial charge in [-0.25, -0.2) is 10.1 Å². The van der Waals surface area contributed by atoms with Crippen molar-refractivity contribution in [2.45, 2.75) is 26.4 Å². The zero-order valence-corrected chi connectivity index (χ0v) is 7.02. The standard InChI is InChI=1S/C6H16N2O2/c1-5-10-8(9)6(2,3)7-4/h7-8H,5H2,1-4H3. The smallest absolute Gasteiger partial charge is 0.175 e. The first-order valence-corrected chi connectivity index (χ1v) is 3.40. The van der Waals surface area contributed by atoms with E-state index in [1.54, 1.807) is 27.8 Å². The first-order valence-electron chi connectivity index (χ1n) is 3.40. The predicted molar refractivity (Wildman–Crippen MR) is 39.1 cm³/mol. The van der Waals surface area contributed by atoms with E-state index in [1.165, 1.54) is 0 Å². The van der Waals surface area contributed by atoms with Gasteiger partial charge in [0.1, 0.15) is 6.61 Å². The van der Waals surface area contributed by atoms with Crippen molar-refractivity contribution in [3.05, 3.63) is 5.21 Å². The Hall–Kier alpha value is -0.160. The van der Waals surface area contributed by atoms with Crippen molar-refractivity contribution in [1.82, 2.24) is 5.32 Å². The molecule has 10 heavy (non-hydrogen) atoms. The normalized spacial score (nSPS) is 15.3. The van der Waals surface area contributed by atoms with Crippen molar-refractivity contribution >= 4 is 0 Å². The van der Waals surface area contributed by atoms with E-state index >= 15 is 0 Å². The van der Waals surface area contributed by atoms with Gasteiger partial charge in [-0.3, -0.25) is 5.32 Å². The third-order valence-electron chi connectivity index (χ3n) is 1.41. The quantitative estimate of drug-likeness (QED) is 0.408. The lowest BCUT2D eigenvalue weighted by molar-refractivity contribution is -1.09. The number of rotatable bonds is 4. The van der Waals surface area contributed by atoms with Gasteiger partial charge in [-0.2, -0.15) is 0 Å². The summed E-state index contributed by atoms with van der Waals surface area (Å²) in [6.45, 7) is 5.80. The van der Waals surface area contributed by atoms with Gasteiger partial charge in [0, 0.05) is 13.8 Å². The van der Waals surface area contributed by atoms with E-state index < -0.39 is 5.66 Å². The fourth-order valence-electron chi connectivity index (χ4n) is 0.414. The summed E-state index contributed by atoms with van der Waals surface area (Å²) in [7, 11) is 1.73. The Morgan fingerprint density at radius 2 is 2.10 bits per heavy atom. The highest BCUT2D eigenvalue weighted by molar-refractivity contribution is 4.56. The second kappa shape index (κ2) is 3.88. The largest absolute Gasteiger partial charge is 0.598 e. The molecular weight excluding hydrogens is 132 g/mol. The molecule has 1 atom stereocenters.